The van der Waals surface area contributed by atoms with Crippen molar-refractivity contribution in [2.24, 2.45) is 0 Å². The van der Waals surface area contributed by atoms with Crippen LogP contribution in [-0.4, -0.2) is 14.4 Å². The van der Waals surface area contributed by atoms with Crippen LogP contribution in [0.4, 0.5) is 4.39 Å². The topological polar surface area (TPSA) is 50.2 Å². The van der Waals surface area contributed by atoms with Crippen LogP contribution in [0.5, 0.6) is 0 Å². The van der Waals surface area contributed by atoms with E-state index in [-0.39, 0.29) is 21.7 Å². The van der Waals surface area contributed by atoms with Crippen LogP contribution < -0.4 is 5.56 Å². The van der Waals surface area contributed by atoms with Gasteiger partial charge in [-0.1, -0.05) is 17.7 Å². The van der Waals surface area contributed by atoms with Crippen molar-refractivity contribution in [3.05, 3.63) is 57.5 Å². The lowest BCUT2D eigenvalue weighted by atomic mass is 10.1. The van der Waals surface area contributed by atoms with Gasteiger partial charge in [0, 0.05) is 23.7 Å². The van der Waals surface area contributed by atoms with Crippen LogP contribution in [0.1, 0.15) is 5.69 Å². The molecule has 96 valence electrons. The number of aryl methyl sites for hydroxylation is 1. The van der Waals surface area contributed by atoms with Crippen LogP contribution in [0.25, 0.3) is 16.9 Å². The van der Waals surface area contributed by atoms with E-state index in [9.17, 15) is 9.18 Å². The zero-order chi connectivity index (χ0) is 13.6. The Morgan fingerprint density at radius 3 is 2.89 bits per heavy atom. The van der Waals surface area contributed by atoms with Gasteiger partial charge in [0.1, 0.15) is 5.82 Å². The lowest BCUT2D eigenvalue weighted by Gasteiger charge is -2.09. The number of rotatable bonds is 1. The van der Waals surface area contributed by atoms with Gasteiger partial charge in [0.2, 0.25) is 5.78 Å². The highest BCUT2D eigenvalue weighted by Gasteiger charge is 2.18. The van der Waals surface area contributed by atoms with E-state index in [1.165, 1.54) is 28.9 Å². The second-order valence-electron chi connectivity index (χ2n) is 4.15. The zero-order valence-corrected chi connectivity index (χ0v) is 10.7. The SMILES string of the molecule is Cc1[nH]c2nccn2c(=O)c1-c1c(F)cccc1Cl. The average Bonchev–Trinajstić information content (AvgIpc) is 2.81. The molecule has 0 atom stereocenters. The Bertz CT molecular complexity index is 817. The summed E-state index contributed by atoms with van der Waals surface area (Å²) in [6.07, 6.45) is 3.02. The lowest BCUT2D eigenvalue weighted by molar-refractivity contribution is 0.631. The average molecular weight is 278 g/mol. The first-order chi connectivity index (χ1) is 9.09. The molecule has 0 unspecified atom stereocenters. The fraction of sp³-hybridized carbons (Fsp3) is 0.0769. The highest BCUT2D eigenvalue weighted by atomic mass is 35.5. The predicted octanol–water partition coefficient (Wildman–Crippen LogP) is 2.79. The molecule has 19 heavy (non-hydrogen) atoms. The zero-order valence-electron chi connectivity index (χ0n) is 9.95. The third-order valence-corrected chi connectivity index (χ3v) is 3.28. The molecule has 0 saturated heterocycles. The molecule has 0 aliphatic carbocycles. The molecule has 0 radical (unpaired) electrons. The van der Waals surface area contributed by atoms with Gasteiger partial charge in [-0.05, 0) is 19.1 Å². The first-order valence-corrected chi connectivity index (χ1v) is 5.97. The van der Waals surface area contributed by atoms with Crippen molar-refractivity contribution in [3.8, 4) is 11.1 Å². The van der Waals surface area contributed by atoms with Crippen molar-refractivity contribution < 1.29 is 4.39 Å². The van der Waals surface area contributed by atoms with Crippen LogP contribution in [-0.2, 0) is 0 Å². The maximum absolute atomic E-state index is 14.0. The Hall–Kier alpha value is -2.14. The number of benzene rings is 1. The first kappa shape index (κ1) is 11.9. The van der Waals surface area contributed by atoms with E-state index in [1.807, 2.05) is 0 Å². The number of imidazole rings is 1. The fourth-order valence-corrected chi connectivity index (χ4v) is 2.36. The summed E-state index contributed by atoms with van der Waals surface area (Å²) in [5.74, 6) is -0.112. The molecule has 2 heterocycles. The number of halogens is 2. The van der Waals surface area contributed by atoms with E-state index in [0.29, 0.717) is 11.5 Å². The first-order valence-electron chi connectivity index (χ1n) is 5.60. The second-order valence-corrected chi connectivity index (χ2v) is 4.55. The van der Waals surface area contributed by atoms with Crippen molar-refractivity contribution in [1.82, 2.24) is 14.4 Å². The van der Waals surface area contributed by atoms with Crippen LogP contribution in [0.3, 0.4) is 0 Å². The van der Waals surface area contributed by atoms with Crippen molar-refractivity contribution in [2.45, 2.75) is 6.92 Å². The number of nitrogens with one attached hydrogen (secondary N) is 1. The van der Waals surface area contributed by atoms with Crippen molar-refractivity contribution in [3.63, 3.8) is 0 Å². The van der Waals surface area contributed by atoms with Crippen LogP contribution in [0.2, 0.25) is 5.02 Å². The van der Waals surface area contributed by atoms with Gasteiger partial charge in [0.05, 0.1) is 10.6 Å². The number of fused-ring (bicyclic) bond motifs is 1. The molecule has 0 fully saturated rings. The summed E-state index contributed by atoms with van der Waals surface area (Å²) in [6.45, 7) is 1.69. The van der Waals surface area contributed by atoms with E-state index < -0.39 is 5.82 Å². The fourth-order valence-electron chi connectivity index (χ4n) is 2.10. The second kappa shape index (κ2) is 4.20. The van der Waals surface area contributed by atoms with E-state index in [1.54, 1.807) is 13.0 Å². The molecule has 0 saturated carbocycles. The largest absolute Gasteiger partial charge is 0.328 e. The molecule has 2 aromatic heterocycles. The van der Waals surface area contributed by atoms with Gasteiger partial charge >= 0.3 is 0 Å². The van der Waals surface area contributed by atoms with Crippen molar-refractivity contribution >= 4 is 17.4 Å². The maximum atomic E-state index is 14.0. The van der Waals surface area contributed by atoms with Crippen LogP contribution in [0.15, 0.2) is 35.4 Å². The van der Waals surface area contributed by atoms with Gasteiger partial charge in [-0.3, -0.25) is 9.20 Å². The molecule has 6 heteroatoms. The Labute approximate surface area is 112 Å². The van der Waals surface area contributed by atoms with E-state index in [4.69, 9.17) is 11.6 Å². The third kappa shape index (κ3) is 1.74. The van der Waals surface area contributed by atoms with Crippen LogP contribution in [0, 0.1) is 12.7 Å². The Kier molecular flexibility index (Phi) is 2.64. The number of hydrogen-bond donors (Lipinski definition) is 1. The van der Waals surface area contributed by atoms with E-state index >= 15 is 0 Å². The van der Waals surface area contributed by atoms with Gasteiger partial charge in [-0.2, -0.15) is 0 Å². The van der Waals surface area contributed by atoms with Crippen molar-refractivity contribution in [2.75, 3.05) is 0 Å². The summed E-state index contributed by atoms with van der Waals surface area (Å²) >= 11 is 6.02. The summed E-state index contributed by atoms with van der Waals surface area (Å²) < 4.78 is 15.3. The quantitative estimate of drug-likeness (QED) is 0.743. The number of hydrogen-bond acceptors (Lipinski definition) is 2. The van der Waals surface area contributed by atoms with Gasteiger partial charge < -0.3 is 4.98 Å². The van der Waals surface area contributed by atoms with Gasteiger partial charge in [0.25, 0.3) is 5.56 Å². The molecule has 0 spiro atoms. The number of H-pyrrole nitrogens is 1. The Morgan fingerprint density at radius 1 is 1.37 bits per heavy atom. The summed E-state index contributed by atoms with van der Waals surface area (Å²) in [4.78, 5) is 19.4. The molecule has 0 bridgehead atoms. The summed E-state index contributed by atoms with van der Waals surface area (Å²) in [5, 5.41) is 0.202. The molecule has 0 aliphatic heterocycles. The number of aromatic amines is 1. The van der Waals surface area contributed by atoms with Gasteiger partial charge in [0.15, 0.2) is 0 Å². The molecule has 3 rings (SSSR count). The Morgan fingerprint density at radius 2 is 2.16 bits per heavy atom. The monoisotopic (exact) mass is 277 g/mol. The molecule has 0 amide bonds. The summed E-state index contributed by atoms with van der Waals surface area (Å²) in [5.41, 5.74) is 0.499. The molecule has 4 nitrogen and oxygen atoms in total. The van der Waals surface area contributed by atoms with E-state index in [0.717, 1.165) is 0 Å². The number of aromatic nitrogens is 3. The molecular formula is C13H9ClFN3O. The molecule has 1 N–H and O–H groups in total. The normalized spacial score (nSPS) is 11.1. The molecular weight excluding hydrogens is 269 g/mol. The Balaban J connectivity index is 2.46. The minimum atomic E-state index is -0.527. The highest BCUT2D eigenvalue weighted by molar-refractivity contribution is 6.33. The van der Waals surface area contributed by atoms with Gasteiger partial charge in [-0.15, -0.1) is 0 Å². The van der Waals surface area contributed by atoms with Gasteiger partial charge in [-0.25, -0.2) is 9.37 Å². The number of nitrogens with zero attached hydrogens (tertiary/aromatic N) is 2. The predicted molar refractivity (Wildman–Crippen MR) is 71.0 cm³/mol. The maximum Gasteiger partial charge on any atom is 0.267 e. The standard InChI is InChI=1S/C13H9ClFN3O/c1-7-10(11-8(14)3-2-4-9(11)15)12(19)18-6-5-16-13(18)17-7/h2-6H,1H3,(H,16,17). The highest BCUT2D eigenvalue weighted by Crippen LogP contribution is 2.29. The van der Waals surface area contributed by atoms with Crippen molar-refractivity contribution in [1.29, 1.82) is 0 Å². The van der Waals surface area contributed by atoms with Crippen LogP contribution >= 0.6 is 11.6 Å². The molecule has 3 aromatic rings. The smallest absolute Gasteiger partial charge is 0.267 e. The van der Waals surface area contributed by atoms with E-state index in [2.05, 4.69) is 9.97 Å². The lowest BCUT2D eigenvalue weighted by Crippen LogP contribution is -2.18. The summed E-state index contributed by atoms with van der Waals surface area (Å²) in [6, 6.07) is 4.33. The third-order valence-electron chi connectivity index (χ3n) is 2.96. The minimum absolute atomic E-state index is 0.110. The molecule has 0 aliphatic rings. The molecule has 1 aromatic carbocycles. The summed E-state index contributed by atoms with van der Waals surface area (Å²) in [7, 11) is 0. The minimum Gasteiger partial charge on any atom is -0.328 e.